The van der Waals surface area contributed by atoms with Crippen LogP contribution in [0.5, 0.6) is 0 Å². The van der Waals surface area contributed by atoms with Crippen molar-refractivity contribution in [2.75, 3.05) is 19.8 Å². The summed E-state index contributed by atoms with van der Waals surface area (Å²) in [6, 6.07) is 2.53. The maximum atomic E-state index is 8.28. The van der Waals surface area contributed by atoms with Gasteiger partial charge in [0, 0.05) is 19.0 Å². The third kappa shape index (κ3) is 2.34. The summed E-state index contributed by atoms with van der Waals surface area (Å²) >= 11 is 0. The van der Waals surface area contributed by atoms with E-state index in [9.17, 15) is 0 Å². The summed E-state index contributed by atoms with van der Waals surface area (Å²) in [5.41, 5.74) is 0. The molecule has 0 amide bonds. The minimum atomic E-state index is 0.411. The lowest BCUT2D eigenvalue weighted by Crippen LogP contribution is -2.40. The maximum Gasteiger partial charge on any atom is 0.0622 e. The van der Waals surface area contributed by atoms with Gasteiger partial charge in [-0.2, -0.15) is 5.26 Å². The predicted molar refractivity (Wildman–Crippen MR) is 37.5 cm³/mol. The lowest BCUT2D eigenvalue weighted by molar-refractivity contribution is 0.0747. The van der Waals surface area contributed by atoms with Crippen LogP contribution in [-0.4, -0.2) is 25.8 Å². The van der Waals surface area contributed by atoms with E-state index in [1.165, 1.54) is 0 Å². The van der Waals surface area contributed by atoms with E-state index in [2.05, 4.69) is 11.4 Å². The number of nitrogens with one attached hydrogen (secondary N) is 1. The van der Waals surface area contributed by atoms with E-state index < -0.39 is 0 Å². The first kappa shape index (κ1) is 7.52. The number of hydrogen-bond donors (Lipinski definition) is 1. The molecular formula is C7H12N2O. The number of nitrogens with zero attached hydrogens (tertiary/aromatic N) is 1. The van der Waals surface area contributed by atoms with Gasteiger partial charge in [-0.1, -0.05) is 0 Å². The number of rotatable bonds is 2. The molecule has 0 aliphatic carbocycles. The molecular weight excluding hydrogens is 128 g/mol. The van der Waals surface area contributed by atoms with Gasteiger partial charge in [0.25, 0.3) is 0 Å². The molecule has 3 heteroatoms. The summed E-state index contributed by atoms with van der Waals surface area (Å²) in [6.45, 7) is 2.50. The molecule has 0 aromatic carbocycles. The Bertz CT molecular complexity index is 124. The molecule has 1 aliphatic heterocycles. The molecule has 0 bridgehead atoms. The molecule has 56 valence electrons. The standard InChI is InChI=1S/C7H12N2O/c8-3-1-2-7-6-10-5-4-9-7/h7,9H,1-2,4-6H2. The Morgan fingerprint density at radius 2 is 2.60 bits per heavy atom. The van der Waals surface area contributed by atoms with E-state index in [1.807, 2.05) is 0 Å². The highest BCUT2D eigenvalue weighted by molar-refractivity contribution is 4.77. The van der Waals surface area contributed by atoms with Gasteiger partial charge >= 0.3 is 0 Å². The Labute approximate surface area is 61.0 Å². The Balaban J connectivity index is 2.09. The Hall–Kier alpha value is -0.590. The van der Waals surface area contributed by atoms with Gasteiger partial charge < -0.3 is 10.1 Å². The third-order valence-electron chi connectivity index (χ3n) is 1.60. The van der Waals surface area contributed by atoms with Crippen molar-refractivity contribution < 1.29 is 4.74 Å². The van der Waals surface area contributed by atoms with Crippen molar-refractivity contribution in [3.05, 3.63) is 0 Å². The van der Waals surface area contributed by atoms with Gasteiger partial charge in [-0.3, -0.25) is 0 Å². The summed E-state index contributed by atoms with van der Waals surface area (Å²) in [6.07, 6.45) is 1.54. The number of ether oxygens (including phenoxy) is 1. The van der Waals surface area contributed by atoms with Crippen molar-refractivity contribution in [1.82, 2.24) is 5.32 Å². The first-order valence-corrected chi connectivity index (χ1v) is 3.61. The van der Waals surface area contributed by atoms with Crippen molar-refractivity contribution in [2.24, 2.45) is 0 Å². The molecule has 1 atom stereocenters. The van der Waals surface area contributed by atoms with E-state index in [-0.39, 0.29) is 0 Å². The van der Waals surface area contributed by atoms with Crippen molar-refractivity contribution in [1.29, 1.82) is 5.26 Å². The molecule has 0 aromatic heterocycles. The second-order valence-electron chi connectivity index (χ2n) is 2.42. The van der Waals surface area contributed by atoms with Gasteiger partial charge in [0.05, 0.1) is 19.3 Å². The summed E-state index contributed by atoms with van der Waals surface area (Å²) < 4.78 is 5.21. The van der Waals surface area contributed by atoms with Crippen LogP contribution in [0, 0.1) is 11.3 Å². The van der Waals surface area contributed by atoms with Crippen molar-refractivity contribution in [3.8, 4) is 6.07 Å². The van der Waals surface area contributed by atoms with E-state index in [1.54, 1.807) is 0 Å². The lowest BCUT2D eigenvalue weighted by Gasteiger charge is -2.22. The fraction of sp³-hybridized carbons (Fsp3) is 0.857. The molecule has 1 N–H and O–H groups in total. The molecule has 1 aliphatic rings. The average molecular weight is 140 g/mol. The molecule has 3 nitrogen and oxygen atoms in total. The number of nitriles is 1. The van der Waals surface area contributed by atoms with Gasteiger partial charge in [0.15, 0.2) is 0 Å². The molecule has 1 heterocycles. The molecule has 0 aromatic rings. The minimum absolute atomic E-state index is 0.411. The second kappa shape index (κ2) is 4.26. The van der Waals surface area contributed by atoms with Crippen LogP contribution in [0.2, 0.25) is 0 Å². The molecule has 0 spiro atoms. The van der Waals surface area contributed by atoms with Crippen molar-refractivity contribution in [2.45, 2.75) is 18.9 Å². The fourth-order valence-electron chi connectivity index (χ4n) is 1.04. The highest BCUT2D eigenvalue weighted by atomic mass is 16.5. The van der Waals surface area contributed by atoms with Gasteiger partial charge in [-0.15, -0.1) is 0 Å². The van der Waals surface area contributed by atoms with Crippen LogP contribution < -0.4 is 5.32 Å². The van der Waals surface area contributed by atoms with E-state index in [0.717, 1.165) is 26.2 Å². The monoisotopic (exact) mass is 140 g/mol. The van der Waals surface area contributed by atoms with Gasteiger partial charge in [-0.25, -0.2) is 0 Å². The molecule has 1 rings (SSSR count). The van der Waals surface area contributed by atoms with Crippen LogP contribution in [-0.2, 0) is 4.74 Å². The normalized spacial score (nSPS) is 25.7. The zero-order valence-electron chi connectivity index (χ0n) is 5.97. The number of morpholine rings is 1. The second-order valence-corrected chi connectivity index (χ2v) is 2.42. The number of hydrogen-bond acceptors (Lipinski definition) is 3. The van der Waals surface area contributed by atoms with E-state index in [0.29, 0.717) is 12.5 Å². The molecule has 1 unspecified atom stereocenters. The van der Waals surface area contributed by atoms with Crippen molar-refractivity contribution in [3.63, 3.8) is 0 Å². The quantitative estimate of drug-likeness (QED) is 0.599. The van der Waals surface area contributed by atoms with Gasteiger partial charge in [0.1, 0.15) is 0 Å². The van der Waals surface area contributed by atoms with Crippen LogP contribution in [0.1, 0.15) is 12.8 Å². The highest BCUT2D eigenvalue weighted by Crippen LogP contribution is 2.00. The van der Waals surface area contributed by atoms with Gasteiger partial charge in [0.2, 0.25) is 0 Å². The topological polar surface area (TPSA) is 45.0 Å². The van der Waals surface area contributed by atoms with E-state index >= 15 is 0 Å². The smallest absolute Gasteiger partial charge is 0.0622 e. The lowest BCUT2D eigenvalue weighted by atomic mass is 10.1. The van der Waals surface area contributed by atoms with Crippen LogP contribution in [0.25, 0.3) is 0 Å². The highest BCUT2D eigenvalue weighted by Gasteiger charge is 2.11. The van der Waals surface area contributed by atoms with Crippen molar-refractivity contribution >= 4 is 0 Å². The summed E-state index contributed by atoms with van der Waals surface area (Å²) in [4.78, 5) is 0. The first-order valence-electron chi connectivity index (χ1n) is 3.61. The molecule has 10 heavy (non-hydrogen) atoms. The van der Waals surface area contributed by atoms with Crippen LogP contribution in [0.15, 0.2) is 0 Å². The molecule has 0 radical (unpaired) electrons. The van der Waals surface area contributed by atoms with E-state index in [4.69, 9.17) is 10.00 Å². The Kier molecular flexibility index (Phi) is 3.20. The first-order chi connectivity index (χ1) is 4.93. The predicted octanol–water partition coefficient (Wildman–Crippen LogP) is 0.279. The zero-order valence-corrected chi connectivity index (χ0v) is 5.97. The maximum absolute atomic E-state index is 8.28. The minimum Gasteiger partial charge on any atom is -0.379 e. The fourth-order valence-corrected chi connectivity index (χ4v) is 1.04. The SMILES string of the molecule is N#CCCC1COCCN1. The molecule has 0 saturated carbocycles. The zero-order chi connectivity index (χ0) is 7.23. The summed E-state index contributed by atoms with van der Waals surface area (Å²) in [7, 11) is 0. The molecule has 1 saturated heterocycles. The molecule has 1 fully saturated rings. The average Bonchev–Trinajstić information content (AvgIpc) is 2.03. The van der Waals surface area contributed by atoms with Gasteiger partial charge in [-0.05, 0) is 6.42 Å². The Morgan fingerprint density at radius 1 is 1.70 bits per heavy atom. The van der Waals surface area contributed by atoms with Crippen LogP contribution in [0.4, 0.5) is 0 Å². The Morgan fingerprint density at radius 3 is 3.20 bits per heavy atom. The largest absolute Gasteiger partial charge is 0.379 e. The van der Waals surface area contributed by atoms with Crippen LogP contribution >= 0.6 is 0 Å². The third-order valence-corrected chi connectivity index (χ3v) is 1.60. The summed E-state index contributed by atoms with van der Waals surface area (Å²) in [5, 5.41) is 11.6. The van der Waals surface area contributed by atoms with Crippen LogP contribution in [0.3, 0.4) is 0 Å². The summed E-state index contributed by atoms with van der Waals surface area (Å²) in [5.74, 6) is 0.